The summed E-state index contributed by atoms with van der Waals surface area (Å²) in [6, 6.07) is 17.6. The van der Waals surface area contributed by atoms with E-state index in [1.54, 1.807) is 54.6 Å². The minimum absolute atomic E-state index is 0.0605. The van der Waals surface area contributed by atoms with Crippen molar-refractivity contribution in [3.05, 3.63) is 88.6 Å². The fourth-order valence-electron chi connectivity index (χ4n) is 4.39. The fraction of sp³-hybridized carbons (Fsp3) is 0.185. The summed E-state index contributed by atoms with van der Waals surface area (Å²) in [6.45, 7) is 2.09. The van der Waals surface area contributed by atoms with Crippen LogP contribution >= 0.6 is 11.6 Å². The molecule has 0 atom stereocenters. The van der Waals surface area contributed by atoms with Gasteiger partial charge in [-0.05, 0) is 30.3 Å². The number of halogens is 1. The summed E-state index contributed by atoms with van der Waals surface area (Å²) in [5.74, 6) is -0.585. The number of sulfonamides is 1. The molecule has 0 saturated carbocycles. The summed E-state index contributed by atoms with van der Waals surface area (Å²) in [7, 11) is -2.61. The molecule has 3 aromatic carbocycles. The molecule has 0 amide bonds. The summed E-state index contributed by atoms with van der Waals surface area (Å²) in [4.78, 5) is 28.2. The van der Waals surface area contributed by atoms with E-state index in [1.807, 2.05) is 4.90 Å². The quantitative estimate of drug-likeness (QED) is 0.446. The maximum absolute atomic E-state index is 13.4. The second-order valence-corrected chi connectivity index (χ2v) is 10.7. The van der Waals surface area contributed by atoms with E-state index >= 15 is 0 Å². The Morgan fingerprint density at radius 3 is 2.26 bits per heavy atom. The van der Waals surface area contributed by atoms with E-state index in [0.29, 0.717) is 43.4 Å². The summed E-state index contributed by atoms with van der Waals surface area (Å²) in [5, 5.41) is 2.73. The molecule has 1 fully saturated rings. The molecule has 0 aromatic heterocycles. The van der Waals surface area contributed by atoms with Gasteiger partial charge in [-0.15, -0.1) is 0 Å². The number of methoxy groups -OCH3 is 1. The van der Waals surface area contributed by atoms with Gasteiger partial charge in [0, 0.05) is 24.2 Å². The maximum Gasteiger partial charge on any atom is 0.262 e. The number of benzene rings is 3. The summed E-state index contributed by atoms with van der Waals surface area (Å²) >= 11 is 6.38. The monoisotopic (exact) mass is 553 g/mol. The number of nitrogens with one attached hydrogen (secondary N) is 2. The molecule has 196 valence electrons. The number of hydrogen-bond acceptors (Lipinski definition) is 8. The first kappa shape index (κ1) is 25.8. The van der Waals surface area contributed by atoms with Crippen LogP contribution in [-0.2, 0) is 14.8 Å². The van der Waals surface area contributed by atoms with E-state index in [0.717, 1.165) is 0 Å². The van der Waals surface area contributed by atoms with Crippen LogP contribution in [0.5, 0.6) is 5.75 Å². The number of nitrogens with zero attached hydrogens (tertiary/aromatic N) is 1. The Morgan fingerprint density at radius 2 is 1.55 bits per heavy atom. The maximum atomic E-state index is 13.4. The van der Waals surface area contributed by atoms with E-state index in [4.69, 9.17) is 21.1 Å². The Hall–Kier alpha value is -3.86. The number of carbonyl (C=O) groups excluding carboxylic acids is 2. The molecule has 1 aliphatic carbocycles. The molecular weight excluding hydrogens is 530 g/mol. The zero-order chi connectivity index (χ0) is 26.9. The number of ketones is 2. The minimum Gasteiger partial charge on any atom is -0.495 e. The van der Waals surface area contributed by atoms with Crippen LogP contribution in [0.4, 0.5) is 17.1 Å². The van der Waals surface area contributed by atoms with Crippen molar-refractivity contribution in [2.45, 2.75) is 4.90 Å². The van der Waals surface area contributed by atoms with E-state index in [1.165, 1.54) is 19.2 Å². The number of fused-ring (bicyclic) bond motifs is 1. The third kappa shape index (κ3) is 4.85. The second kappa shape index (κ2) is 10.5. The van der Waals surface area contributed by atoms with Crippen molar-refractivity contribution >= 4 is 50.3 Å². The summed E-state index contributed by atoms with van der Waals surface area (Å²) in [6.07, 6.45) is 0. The van der Waals surface area contributed by atoms with Gasteiger partial charge < -0.3 is 19.7 Å². The molecule has 5 rings (SSSR count). The largest absolute Gasteiger partial charge is 0.495 e. The van der Waals surface area contributed by atoms with Crippen molar-refractivity contribution in [1.82, 2.24) is 0 Å². The highest BCUT2D eigenvalue weighted by Crippen LogP contribution is 2.35. The van der Waals surface area contributed by atoms with Crippen LogP contribution in [0.3, 0.4) is 0 Å². The number of hydrogen-bond donors (Lipinski definition) is 2. The molecule has 2 aliphatic rings. The van der Waals surface area contributed by atoms with Gasteiger partial charge in [0.1, 0.15) is 16.5 Å². The Labute approximate surface area is 225 Å². The average molecular weight is 554 g/mol. The molecule has 1 heterocycles. The van der Waals surface area contributed by atoms with Gasteiger partial charge in [0.05, 0.1) is 42.3 Å². The molecular formula is C27H24ClN3O6S. The Kier molecular flexibility index (Phi) is 7.11. The fourth-order valence-corrected chi connectivity index (χ4v) is 5.72. The zero-order valence-corrected chi connectivity index (χ0v) is 21.9. The third-order valence-corrected chi connectivity index (χ3v) is 8.03. The standard InChI is InChI=1S/C27H24ClN3O6S/c1-36-23-9-5-4-8-20(23)30-38(34,35)17-10-11-22(31-12-14-37-15-13-31)21(16-17)29-25-24(28)26(32)18-6-2-3-7-19(18)27(25)33/h2-11,16,29-30H,12-15H2,1H3. The van der Waals surface area contributed by atoms with Crippen molar-refractivity contribution in [2.75, 3.05) is 48.4 Å². The van der Waals surface area contributed by atoms with Crippen molar-refractivity contribution in [3.63, 3.8) is 0 Å². The zero-order valence-electron chi connectivity index (χ0n) is 20.4. The van der Waals surface area contributed by atoms with E-state index in [-0.39, 0.29) is 32.4 Å². The summed E-state index contributed by atoms with van der Waals surface area (Å²) in [5.41, 5.74) is 1.55. The first-order valence-corrected chi connectivity index (χ1v) is 13.6. The number of carbonyl (C=O) groups is 2. The van der Waals surface area contributed by atoms with Gasteiger partial charge >= 0.3 is 0 Å². The molecule has 0 spiro atoms. The van der Waals surface area contributed by atoms with Gasteiger partial charge in [-0.25, -0.2) is 8.42 Å². The van der Waals surface area contributed by atoms with Gasteiger partial charge in [0.25, 0.3) is 10.0 Å². The lowest BCUT2D eigenvalue weighted by atomic mass is 9.92. The molecule has 3 aromatic rings. The number of ether oxygens (including phenoxy) is 2. The molecule has 1 saturated heterocycles. The number of allylic oxidation sites excluding steroid dienone is 2. The third-order valence-electron chi connectivity index (χ3n) is 6.30. The van der Waals surface area contributed by atoms with Crippen LogP contribution in [0.25, 0.3) is 0 Å². The number of para-hydroxylation sites is 2. The molecule has 11 heteroatoms. The first-order chi connectivity index (χ1) is 18.3. The number of morpholine rings is 1. The molecule has 0 unspecified atom stereocenters. The lowest BCUT2D eigenvalue weighted by Crippen LogP contribution is -2.37. The Morgan fingerprint density at radius 1 is 0.895 bits per heavy atom. The summed E-state index contributed by atoms with van der Waals surface area (Å²) < 4.78 is 40.0. The minimum atomic E-state index is -4.06. The smallest absolute Gasteiger partial charge is 0.262 e. The van der Waals surface area contributed by atoms with E-state index in [2.05, 4.69) is 10.0 Å². The molecule has 1 aliphatic heterocycles. The van der Waals surface area contributed by atoms with Crippen molar-refractivity contribution < 1.29 is 27.5 Å². The lowest BCUT2D eigenvalue weighted by Gasteiger charge is -2.31. The van der Waals surface area contributed by atoms with Gasteiger partial charge in [-0.1, -0.05) is 48.0 Å². The molecule has 0 radical (unpaired) electrons. The molecule has 9 nitrogen and oxygen atoms in total. The number of rotatable bonds is 7. The predicted octanol–water partition coefficient (Wildman–Crippen LogP) is 4.27. The van der Waals surface area contributed by atoms with Gasteiger partial charge in [-0.3, -0.25) is 14.3 Å². The SMILES string of the molecule is COc1ccccc1NS(=O)(=O)c1ccc(N2CCOCC2)c(NC2=C(Cl)C(=O)c3ccccc3C2=O)c1. The second-order valence-electron chi connectivity index (χ2n) is 8.60. The Bertz CT molecular complexity index is 1560. The van der Waals surface area contributed by atoms with Crippen LogP contribution in [0.15, 0.2) is 82.4 Å². The molecule has 0 bridgehead atoms. The van der Waals surface area contributed by atoms with Crippen LogP contribution in [0.1, 0.15) is 20.7 Å². The van der Waals surface area contributed by atoms with Crippen molar-refractivity contribution in [2.24, 2.45) is 0 Å². The molecule has 38 heavy (non-hydrogen) atoms. The average Bonchev–Trinajstić information content (AvgIpc) is 2.94. The topological polar surface area (TPSA) is 114 Å². The normalized spacial score (nSPS) is 15.8. The van der Waals surface area contributed by atoms with Gasteiger partial charge in [0.2, 0.25) is 11.6 Å². The molecule has 2 N–H and O–H groups in total. The van der Waals surface area contributed by atoms with E-state index < -0.39 is 21.6 Å². The van der Waals surface area contributed by atoms with Gasteiger partial charge in [-0.2, -0.15) is 0 Å². The lowest BCUT2D eigenvalue weighted by molar-refractivity contribution is 0.0982. The Balaban J connectivity index is 1.56. The van der Waals surface area contributed by atoms with Crippen molar-refractivity contribution in [3.8, 4) is 5.75 Å². The number of anilines is 3. The van der Waals surface area contributed by atoms with Crippen LogP contribution in [0.2, 0.25) is 0 Å². The van der Waals surface area contributed by atoms with Crippen LogP contribution < -0.4 is 19.7 Å². The first-order valence-electron chi connectivity index (χ1n) is 11.8. The highest BCUT2D eigenvalue weighted by Gasteiger charge is 2.32. The highest BCUT2D eigenvalue weighted by atomic mass is 35.5. The van der Waals surface area contributed by atoms with Crippen LogP contribution in [0, 0.1) is 0 Å². The van der Waals surface area contributed by atoms with Crippen LogP contribution in [-0.4, -0.2) is 53.4 Å². The van der Waals surface area contributed by atoms with Crippen molar-refractivity contribution in [1.29, 1.82) is 0 Å². The number of Topliss-reactive ketones (excluding diaryl/α,β-unsaturated/α-hetero) is 2. The van der Waals surface area contributed by atoms with Gasteiger partial charge in [0.15, 0.2) is 0 Å². The highest BCUT2D eigenvalue weighted by molar-refractivity contribution is 7.92. The predicted molar refractivity (Wildman–Crippen MR) is 145 cm³/mol. The van der Waals surface area contributed by atoms with E-state index in [9.17, 15) is 18.0 Å².